The Morgan fingerprint density at radius 1 is 1.20 bits per heavy atom. The van der Waals surface area contributed by atoms with Gasteiger partial charge in [0.05, 0.1) is 17.8 Å². The van der Waals surface area contributed by atoms with Crippen LogP contribution < -0.4 is 5.32 Å². The van der Waals surface area contributed by atoms with Gasteiger partial charge in [-0.3, -0.25) is 4.79 Å². The Morgan fingerprint density at radius 2 is 2.04 bits per heavy atom. The monoisotopic (exact) mass is 352 g/mol. The van der Waals surface area contributed by atoms with E-state index in [0.29, 0.717) is 11.1 Å². The molecule has 2 aromatic carbocycles. The Bertz CT molecular complexity index is 1070. The Morgan fingerprint density at radius 3 is 2.92 bits per heavy atom. The zero-order chi connectivity index (χ0) is 17.4. The third-order valence-electron chi connectivity index (χ3n) is 4.27. The first-order valence-corrected chi connectivity index (χ1v) is 8.58. The number of aromatic nitrogens is 3. The lowest BCUT2D eigenvalue weighted by atomic mass is 10.1. The molecule has 4 aromatic rings. The molecule has 0 fully saturated rings. The molecule has 7 heteroatoms. The molecule has 4 rings (SSSR count). The van der Waals surface area contributed by atoms with Gasteiger partial charge >= 0.3 is 0 Å². The maximum Gasteiger partial charge on any atom is 0.251 e. The maximum absolute atomic E-state index is 12.3. The van der Waals surface area contributed by atoms with Gasteiger partial charge in [-0.05, 0) is 47.3 Å². The molecule has 0 aliphatic heterocycles. The van der Waals surface area contributed by atoms with Crippen LogP contribution in [0.3, 0.4) is 0 Å². The Hall–Kier alpha value is -2.77. The molecule has 1 amide bonds. The van der Waals surface area contributed by atoms with Crippen molar-refractivity contribution in [1.82, 2.24) is 18.6 Å². The van der Waals surface area contributed by atoms with Gasteiger partial charge < -0.3 is 15.0 Å². The second-order valence-electron chi connectivity index (χ2n) is 5.94. The summed E-state index contributed by atoms with van der Waals surface area (Å²) in [7, 11) is 1.98. The molecule has 2 N–H and O–H groups in total. The molecule has 0 saturated heterocycles. The number of carbonyl (C=O) groups is 1. The van der Waals surface area contributed by atoms with E-state index in [1.54, 1.807) is 18.2 Å². The van der Waals surface area contributed by atoms with Gasteiger partial charge in [0.15, 0.2) is 0 Å². The van der Waals surface area contributed by atoms with E-state index in [0.717, 1.165) is 33.7 Å². The zero-order valence-corrected chi connectivity index (χ0v) is 14.3. The predicted molar refractivity (Wildman–Crippen MR) is 97.6 cm³/mol. The number of nitrogens with zero attached hydrogens (tertiary/aromatic N) is 3. The van der Waals surface area contributed by atoms with Crippen molar-refractivity contribution in [2.45, 2.75) is 6.10 Å². The number of fused-ring (bicyclic) bond motifs is 2. The fraction of sp³-hybridized carbons (Fsp3) is 0.167. The van der Waals surface area contributed by atoms with Crippen LogP contribution in [0.5, 0.6) is 0 Å². The van der Waals surface area contributed by atoms with Crippen molar-refractivity contribution in [3.63, 3.8) is 0 Å². The highest BCUT2D eigenvalue weighted by Crippen LogP contribution is 2.21. The number of hydrogen-bond acceptors (Lipinski definition) is 5. The largest absolute Gasteiger partial charge is 0.387 e. The number of aryl methyl sites for hydroxylation is 1. The number of hydrogen-bond donors (Lipinski definition) is 2. The molecule has 0 spiro atoms. The quantitative estimate of drug-likeness (QED) is 0.592. The summed E-state index contributed by atoms with van der Waals surface area (Å²) < 4.78 is 10.3. The molecule has 2 aromatic heterocycles. The minimum Gasteiger partial charge on any atom is -0.387 e. The first-order chi connectivity index (χ1) is 12.1. The topological polar surface area (TPSA) is 80.0 Å². The predicted octanol–water partition coefficient (Wildman–Crippen LogP) is 2.65. The molecule has 0 bridgehead atoms. The van der Waals surface area contributed by atoms with E-state index in [9.17, 15) is 9.90 Å². The van der Waals surface area contributed by atoms with Crippen molar-refractivity contribution >= 4 is 39.6 Å². The van der Waals surface area contributed by atoms with Crippen LogP contribution in [0.15, 0.2) is 48.7 Å². The van der Waals surface area contributed by atoms with Gasteiger partial charge in [-0.1, -0.05) is 6.07 Å². The number of carbonyl (C=O) groups excluding carboxylic acids is 1. The Labute approximate surface area is 148 Å². The number of aliphatic hydroxyl groups is 1. The number of rotatable bonds is 4. The van der Waals surface area contributed by atoms with E-state index in [-0.39, 0.29) is 12.5 Å². The normalized spacial score (nSPS) is 12.6. The average Bonchev–Trinajstić information content (AvgIpc) is 3.25. The molecule has 0 radical (unpaired) electrons. The lowest BCUT2D eigenvalue weighted by Gasteiger charge is -2.13. The Kier molecular flexibility index (Phi) is 3.95. The minimum absolute atomic E-state index is 0.143. The van der Waals surface area contributed by atoms with Gasteiger partial charge in [-0.25, -0.2) is 0 Å². The van der Waals surface area contributed by atoms with Crippen molar-refractivity contribution in [3.05, 3.63) is 59.8 Å². The number of amides is 1. The summed E-state index contributed by atoms with van der Waals surface area (Å²) in [6.45, 7) is 0.143. The van der Waals surface area contributed by atoms with Crippen molar-refractivity contribution < 1.29 is 9.90 Å². The highest BCUT2D eigenvalue weighted by molar-refractivity contribution is 7.00. The van der Waals surface area contributed by atoms with E-state index in [1.165, 1.54) is 0 Å². The molecule has 0 saturated carbocycles. The lowest BCUT2D eigenvalue weighted by molar-refractivity contribution is 0.0916. The lowest BCUT2D eigenvalue weighted by Crippen LogP contribution is -2.28. The highest BCUT2D eigenvalue weighted by atomic mass is 32.1. The van der Waals surface area contributed by atoms with Gasteiger partial charge in [0.1, 0.15) is 11.0 Å². The summed E-state index contributed by atoms with van der Waals surface area (Å²) in [6.07, 6.45) is 1.21. The number of aliphatic hydroxyl groups excluding tert-OH is 1. The zero-order valence-electron chi connectivity index (χ0n) is 13.5. The third kappa shape index (κ3) is 2.99. The van der Waals surface area contributed by atoms with Crippen LogP contribution in [0.1, 0.15) is 22.0 Å². The van der Waals surface area contributed by atoms with Crippen LogP contribution in [-0.2, 0) is 7.05 Å². The molecule has 126 valence electrons. The molecular formula is C18H16N4O2S. The van der Waals surface area contributed by atoms with Gasteiger partial charge in [0, 0.05) is 30.9 Å². The van der Waals surface area contributed by atoms with Crippen LogP contribution in [-0.4, -0.2) is 30.9 Å². The molecular weight excluding hydrogens is 336 g/mol. The summed E-state index contributed by atoms with van der Waals surface area (Å²) in [5.41, 5.74) is 3.86. The first-order valence-electron chi connectivity index (χ1n) is 7.85. The molecule has 0 unspecified atom stereocenters. The maximum atomic E-state index is 12.3. The van der Waals surface area contributed by atoms with Crippen LogP contribution in [0, 0.1) is 0 Å². The first kappa shape index (κ1) is 15.7. The fourth-order valence-corrected chi connectivity index (χ4v) is 3.36. The summed E-state index contributed by atoms with van der Waals surface area (Å²) >= 11 is 1.12. The van der Waals surface area contributed by atoms with Gasteiger partial charge in [-0.15, -0.1) is 0 Å². The summed E-state index contributed by atoms with van der Waals surface area (Å²) in [5.74, 6) is -0.241. The van der Waals surface area contributed by atoms with Crippen molar-refractivity contribution in [3.8, 4) is 0 Å². The van der Waals surface area contributed by atoms with Crippen molar-refractivity contribution in [1.29, 1.82) is 0 Å². The van der Waals surface area contributed by atoms with E-state index in [4.69, 9.17) is 0 Å². The summed E-state index contributed by atoms with van der Waals surface area (Å²) in [5, 5.41) is 14.2. The summed E-state index contributed by atoms with van der Waals surface area (Å²) in [4.78, 5) is 12.3. The third-order valence-corrected chi connectivity index (χ3v) is 4.82. The van der Waals surface area contributed by atoms with E-state index in [2.05, 4.69) is 14.1 Å². The second-order valence-corrected chi connectivity index (χ2v) is 6.47. The summed E-state index contributed by atoms with van der Waals surface area (Å²) in [6, 6.07) is 13.0. The van der Waals surface area contributed by atoms with E-state index >= 15 is 0 Å². The second kappa shape index (κ2) is 6.27. The van der Waals surface area contributed by atoms with Gasteiger partial charge in [0.25, 0.3) is 5.91 Å². The standard InChI is InChI=1S/C18H16N4O2S/c1-22-7-6-11-8-12(3-5-16(11)22)17(23)10-19-18(24)13-2-4-14-15(9-13)21-25-20-14/h2-9,17,23H,10H2,1H3,(H,19,24)/t17-/m1/s1. The molecule has 25 heavy (non-hydrogen) atoms. The van der Waals surface area contributed by atoms with Crippen LogP contribution in [0.25, 0.3) is 21.9 Å². The molecule has 0 aliphatic carbocycles. The SMILES string of the molecule is Cn1ccc2cc([C@H](O)CNC(=O)c3ccc4nsnc4c3)ccc21. The van der Waals surface area contributed by atoms with Crippen LogP contribution in [0.4, 0.5) is 0 Å². The number of nitrogens with one attached hydrogen (secondary N) is 1. The molecule has 6 nitrogen and oxygen atoms in total. The fourth-order valence-electron chi connectivity index (χ4n) is 2.84. The Balaban J connectivity index is 1.46. The van der Waals surface area contributed by atoms with Crippen molar-refractivity contribution in [2.24, 2.45) is 7.05 Å². The number of benzene rings is 2. The molecule has 0 aliphatic rings. The van der Waals surface area contributed by atoms with Crippen molar-refractivity contribution in [2.75, 3.05) is 6.54 Å². The van der Waals surface area contributed by atoms with Gasteiger partial charge in [-0.2, -0.15) is 8.75 Å². The molecule has 1 atom stereocenters. The average molecular weight is 352 g/mol. The van der Waals surface area contributed by atoms with E-state index in [1.807, 2.05) is 42.1 Å². The molecule has 2 heterocycles. The van der Waals surface area contributed by atoms with Gasteiger partial charge in [0.2, 0.25) is 0 Å². The minimum atomic E-state index is -0.766. The van der Waals surface area contributed by atoms with Crippen LogP contribution >= 0.6 is 11.7 Å². The van der Waals surface area contributed by atoms with Crippen LogP contribution in [0.2, 0.25) is 0 Å². The van der Waals surface area contributed by atoms with E-state index < -0.39 is 6.10 Å². The smallest absolute Gasteiger partial charge is 0.251 e. The highest BCUT2D eigenvalue weighted by Gasteiger charge is 2.13.